The lowest BCUT2D eigenvalue weighted by Crippen LogP contribution is -2.26. The number of piperidine rings is 1. The van der Waals surface area contributed by atoms with Crippen LogP contribution in [0.5, 0.6) is 0 Å². The first-order valence-electron chi connectivity index (χ1n) is 7.94. The molecule has 1 aliphatic heterocycles. The monoisotopic (exact) mass is 398 g/mol. The predicted molar refractivity (Wildman–Crippen MR) is 102 cm³/mol. The molecule has 2 aromatic rings. The van der Waals surface area contributed by atoms with E-state index >= 15 is 0 Å². The van der Waals surface area contributed by atoms with Crippen molar-refractivity contribution in [1.82, 2.24) is 5.32 Å². The number of nitrogens with one attached hydrogen (secondary N) is 2. The Morgan fingerprint density at radius 3 is 2.64 bits per heavy atom. The van der Waals surface area contributed by atoms with Crippen LogP contribution in [-0.2, 0) is 9.84 Å². The van der Waals surface area contributed by atoms with Crippen LogP contribution in [-0.4, -0.2) is 33.7 Å². The van der Waals surface area contributed by atoms with E-state index in [1.165, 1.54) is 35.1 Å². The van der Waals surface area contributed by atoms with Gasteiger partial charge < -0.3 is 10.6 Å². The minimum absolute atomic E-state index is 0.0804. The van der Waals surface area contributed by atoms with Crippen LogP contribution in [0.4, 0.5) is 5.69 Å². The first-order chi connectivity index (χ1) is 11.8. The van der Waals surface area contributed by atoms with Crippen LogP contribution in [0.25, 0.3) is 0 Å². The number of anilines is 1. The molecule has 0 unspecified atom stereocenters. The lowest BCUT2D eigenvalue weighted by Gasteiger charge is -2.21. The van der Waals surface area contributed by atoms with Gasteiger partial charge in [0, 0.05) is 17.0 Å². The number of sulfone groups is 1. The Bertz CT molecular complexity index is 887. The number of benzene rings is 1. The fourth-order valence-corrected chi connectivity index (χ4v) is 4.75. The third-order valence-electron chi connectivity index (χ3n) is 4.21. The third kappa shape index (κ3) is 4.61. The summed E-state index contributed by atoms with van der Waals surface area (Å²) in [4.78, 5) is 13.2. The molecule has 25 heavy (non-hydrogen) atoms. The van der Waals surface area contributed by atoms with Crippen molar-refractivity contribution in [3.63, 3.8) is 0 Å². The standard InChI is InChI=1S/C17H19ClN2O3S2/c1-25(22,23)15-8-13(18)7-14(9-15)20-17(21)16-6-12(10-24-16)11-2-4-19-5-3-11/h6-11,19H,2-5H2,1H3,(H,20,21). The highest BCUT2D eigenvalue weighted by Crippen LogP contribution is 2.30. The van der Waals surface area contributed by atoms with Gasteiger partial charge >= 0.3 is 0 Å². The van der Waals surface area contributed by atoms with Gasteiger partial charge in [0.15, 0.2) is 9.84 Å². The average Bonchev–Trinajstić information content (AvgIpc) is 3.04. The Hall–Kier alpha value is -1.41. The van der Waals surface area contributed by atoms with Gasteiger partial charge in [0.05, 0.1) is 9.77 Å². The fraction of sp³-hybridized carbons (Fsp3) is 0.353. The number of carbonyl (C=O) groups excluding carboxylic acids is 1. The number of hydrogen-bond donors (Lipinski definition) is 2. The summed E-state index contributed by atoms with van der Waals surface area (Å²) in [5, 5.41) is 8.37. The number of hydrogen-bond acceptors (Lipinski definition) is 5. The number of rotatable bonds is 4. The van der Waals surface area contributed by atoms with E-state index in [1.807, 2.05) is 11.4 Å². The van der Waals surface area contributed by atoms with Crippen molar-refractivity contribution in [2.45, 2.75) is 23.7 Å². The maximum Gasteiger partial charge on any atom is 0.265 e. The fourth-order valence-electron chi connectivity index (χ4n) is 2.88. The van der Waals surface area contributed by atoms with E-state index in [0.29, 0.717) is 16.5 Å². The SMILES string of the molecule is CS(=O)(=O)c1cc(Cl)cc(NC(=O)c2cc(C3CCNCC3)cs2)c1. The van der Waals surface area contributed by atoms with Crippen molar-refractivity contribution < 1.29 is 13.2 Å². The Kier molecular flexibility index (Phi) is 5.48. The normalized spacial score (nSPS) is 15.9. The third-order valence-corrected chi connectivity index (χ3v) is 6.47. The number of halogens is 1. The van der Waals surface area contributed by atoms with Crippen LogP contribution < -0.4 is 10.6 Å². The second kappa shape index (κ2) is 7.45. The molecule has 1 aromatic heterocycles. The van der Waals surface area contributed by atoms with Crippen LogP contribution >= 0.6 is 22.9 Å². The number of amides is 1. The van der Waals surface area contributed by atoms with Crippen molar-refractivity contribution in [3.8, 4) is 0 Å². The van der Waals surface area contributed by atoms with E-state index in [1.54, 1.807) is 0 Å². The summed E-state index contributed by atoms with van der Waals surface area (Å²) in [7, 11) is -3.40. The van der Waals surface area contributed by atoms with Crippen LogP contribution in [0, 0.1) is 0 Å². The zero-order valence-electron chi connectivity index (χ0n) is 13.7. The van der Waals surface area contributed by atoms with Crippen molar-refractivity contribution in [2.24, 2.45) is 0 Å². The summed E-state index contributed by atoms with van der Waals surface area (Å²) in [5.41, 5.74) is 1.56. The van der Waals surface area contributed by atoms with Gasteiger partial charge in [-0.25, -0.2) is 8.42 Å². The molecule has 1 aliphatic rings. The maximum absolute atomic E-state index is 12.5. The molecule has 0 aliphatic carbocycles. The number of thiophene rings is 1. The summed E-state index contributed by atoms with van der Waals surface area (Å²) in [6, 6.07) is 6.25. The van der Waals surface area contributed by atoms with Gasteiger partial charge in [0.1, 0.15) is 0 Å². The van der Waals surface area contributed by atoms with Crippen LogP contribution in [0.3, 0.4) is 0 Å². The summed E-state index contributed by atoms with van der Waals surface area (Å²) in [6.45, 7) is 2.00. The van der Waals surface area contributed by atoms with Crippen LogP contribution in [0.1, 0.15) is 34.0 Å². The molecule has 1 aromatic carbocycles. The van der Waals surface area contributed by atoms with E-state index in [2.05, 4.69) is 10.6 Å². The van der Waals surface area contributed by atoms with Crippen molar-refractivity contribution in [1.29, 1.82) is 0 Å². The van der Waals surface area contributed by atoms with Crippen molar-refractivity contribution in [2.75, 3.05) is 24.7 Å². The summed E-state index contributed by atoms with van der Waals surface area (Å²) in [5.74, 6) is 0.231. The van der Waals surface area contributed by atoms with Gasteiger partial charge in [-0.2, -0.15) is 0 Å². The first kappa shape index (κ1) is 18.4. The molecule has 1 fully saturated rings. The van der Waals surface area contributed by atoms with E-state index in [4.69, 9.17) is 11.6 Å². The van der Waals surface area contributed by atoms with E-state index in [9.17, 15) is 13.2 Å². The second-order valence-corrected chi connectivity index (χ2v) is 9.53. The Labute approximate surface area is 156 Å². The van der Waals surface area contributed by atoms with Gasteiger partial charge in [-0.05, 0) is 67.1 Å². The van der Waals surface area contributed by atoms with Crippen molar-refractivity contribution in [3.05, 3.63) is 45.1 Å². The van der Waals surface area contributed by atoms with Crippen LogP contribution in [0.15, 0.2) is 34.5 Å². The lowest BCUT2D eigenvalue weighted by molar-refractivity contribution is 0.103. The molecule has 0 atom stereocenters. The minimum atomic E-state index is -3.40. The molecule has 0 radical (unpaired) electrons. The van der Waals surface area contributed by atoms with Gasteiger partial charge in [-0.15, -0.1) is 11.3 Å². The molecule has 8 heteroatoms. The first-order valence-corrected chi connectivity index (χ1v) is 11.1. The Morgan fingerprint density at radius 1 is 1.24 bits per heavy atom. The summed E-state index contributed by atoms with van der Waals surface area (Å²) >= 11 is 7.37. The molecular weight excluding hydrogens is 380 g/mol. The highest BCUT2D eigenvalue weighted by atomic mass is 35.5. The van der Waals surface area contributed by atoms with Crippen molar-refractivity contribution >= 4 is 44.4 Å². The second-order valence-electron chi connectivity index (χ2n) is 6.17. The van der Waals surface area contributed by atoms with Gasteiger partial charge in [-0.3, -0.25) is 4.79 Å². The topological polar surface area (TPSA) is 75.3 Å². The molecule has 0 bridgehead atoms. The zero-order valence-corrected chi connectivity index (χ0v) is 16.1. The van der Waals surface area contributed by atoms with E-state index in [0.717, 1.165) is 32.2 Å². The average molecular weight is 399 g/mol. The predicted octanol–water partition coefficient (Wildman–Crippen LogP) is 3.52. The lowest BCUT2D eigenvalue weighted by atomic mass is 9.92. The molecular formula is C17H19ClN2O3S2. The zero-order chi connectivity index (χ0) is 18.0. The minimum Gasteiger partial charge on any atom is -0.321 e. The molecule has 134 valence electrons. The van der Waals surface area contributed by atoms with E-state index in [-0.39, 0.29) is 15.8 Å². The highest BCUT2D eigenvalue weighted by molar-refractivity contribution is 7.90. The quantitative estimate of drug-likeness (QED) is 0.826. The molecule has 3 rings (SSSR count). The largest absolute Gasteiger partial charge is 0.321 e. The van der Waals surface area contributed by atoms with E-state index < -0.39 is 9.84 Å². The molecule has 2 heterocycles. The molecule has 1 amide bonds. The molecule has 0 spiro atoms. The summed E-state index contributed by atoms with van der Waals surface area (Å²) < 4.78 is 23.4. The Balaban J connectivity index is 1.76. The molecule has 0 saturated carbocycles. The van der Waals surface area contributed by atoms with Gasteiger partial charge in [-0.1, -0.05) is 11.6 Å². The maximum atomic E-state index is 12.5. The van der Waals surface area contributed by atoms with Gasteiger partial charge in [0.25, 0.3) is 5.91 Å². The highest BCUT2D eigenvalue weighted by Gasteiger charge is 2.19. The number of carbonyl (C=O) groups is 1. The molecule has 5 nitrogen and oxygen atoms in total. The summed E-state index contributed by atoms with van der Waals surface area (Å²) in [6.07, 6.45) is 3.25. The Morgan fingerprint density at radius 2 is 1.96 bits per heavy atom. The van der Waals surface area contributed by atoms with Crippen LogP contribution in [0.2, 0.25) is 5.02 Å². The molecule has 1 saturated heterocycles. The smallest absolute Gasteiger partial charge is 0.265 e. The van der Waals surface area contributed by atoms with Gasteiger partial charge in [0.2, 0.25) is 0 Å². The molecule has 2 N–H and O–H groups in total.